The summed E-state index contributed by atoms with van der Waals surface area (Å²) < 4.78 is 0. The van der Waals surface area contributed by atoms with E-state index in [-0.39, 0.29) is 11.3 Å². The van der Waals surface area contributed by atoms with Crippen molar-refractivity contribution in [3.8, 4) is 0 Å². The van der Waals surface area contributed by atoms with Gasteiger partial charge in [0.25, 0.3) is 5.91 Å². The molecule has 1 saturated carbocycles. The summed E-state index contributed by atoms with van der Waals surface area (Å²) in [5.74, 6) is -0.0743. The van der Waals surface area contributed by atoms with Gasteiger partial charge < -0.3 is 15.3 Å². The predicted molar refractivity (Wildman–Crippen MR) is 89.7 cm³/mol. The van der Waals surface area contributed by atoms with Crippen molar-refractivity contribution >= 4 is 5.91 Å². The number of piperidine rings is 1. The molecular weight excluding hydrogens is 276 g/mol. The summed E-state index contributed by atoms with van der Waals surface area (Å²) in [6.45, 7) is 8.32. The quantitative estimate of drug-likeness (QED) is 0.785. The van der Waals surface area contributed by atoms with E-state index in [4.69, 9.17) is 0 Å². The molecule has 2 N–H and O–H groups in total. The van der Waals surface area contributed by atoms with E-state index >= 15 is 0 Å². The maximum Gasteiger partial charge on any atom is 0.255 e. The molecule has 4 nitrogen and oxygen atoms in total. The van der Waals surface area contributed by atoms with Gasteiger partial charge in [0.1, 0.15) is 0 Å². The number of hydrogen-bond donors (Lipinski definition) is 2. The van der Waals surface area contributed by atoms with Crippen LogP contribution in [0.1, 0.15) is 72.1 Å². The predicted octanol–water partition coefficient (Wildman–Crippen LogP) is 2.70. The number of amides is 1. The van der Waals surface area contributed by atoms with E-state index in [1.165, 1.54) is 38.5 Å². The van der Waals surface area contributed by atoms with Gasteiger partial charge in [-0.3, -0.25) is 4.79 Å². The summed E-state index contributed by atoms with van der Waals surface area (Å²) in [6, 6.07) is 0.470. The molecule has 1 amide bonds. The van der Waals surface area contributed by atoms with Crippen molar-refractivity contribution in [1.29, 1.82) is 0 Å². The molecule has 1 saturated heterocycles. The van der Waals surface area contributed by atoms with Crippen LogP contribution >= 0.6 is 0 Å². The minimum absolute atomic E-state index is 0.0720. The highest BCUT2D eigenvalue weighted by atomic mass is 16.3. The fourth-order valence-electron chi connectivity index (χ4n) is 3.75. The van der Waals surface area contributed by atoms with Crippen molar-refractivity contribution in [3.05, 3.63) is 0 Å². The molecule has 22 heavy (non-hydrogen) atoms. The number of rotatable bonds is 4. The second kappa shape index (κ2) is 7.31. The zero-order valence-electron chi connectivity index (χ0n) is 14.7. The van der Waals surface area contributed by atoms with Crippen molar-refractivity contribution in [3.63, 3.8) is 0 Å². The molecule has 0 aromatic carbocycles. The smallest absolute Gasteiger partial charge is 0.255 e. The molecule has 1 aliphatic carbocycles. The summed E-state index contributed by atoms with van der Waals surface area (Å²) in [4.78, 5) is 14.6. The first kappa shape index (κ1) is 17.7. The van der Waals surface area contributed by atoms with Crippen LogP contribution in [0.25, 0.3) is 0 Å². The number of nitrogens with one attached hydrogen (secondary N) is 1. The molecule has 1 atom stereocenters. The first-order valence-electron chi connectivity index (χ1n) is 9.05. The zero-order chi connectivity index (χ0) is 16.2. The summed E-state index contributed by atoms with van der Waals surface area (Å²) >= 11 is 0. The van der Waals surface area contributed by atoms with Gasteiger partial charge in [-0.25, -0.2) is 0 Å². The minimum atomic E-state index is -1.20. The van der Waals surface area contributed by atoms with Gasteiger partial charge in [0.05, 0.1) is 0 Å². The fourth-order valence-corrected chi connectivity index (χ4v) is 3.75. The molecule has 2 rings (SSSR count). The highest BCUT2D eigenvalue weighted by Crippen LogP contribution is 2.26. The first-order valence-corrected chi connectivity index (χ1v) is 9.05. The normalized spacial score (nSPS) is 28.7. The topological polar surface area (TPSA) is 52.6 Å². The van der Waals surface area contributed by atoms with Gasteiger partial charge in [-0.1, -0.05) is 46.5 Å². The lowest BCUT2D eigenvalue weighted by Crippen LogP contribution is -2.60. The van der Waals surface area contributed by atoms with E-state index in [0.29, 0.717) is 19.0 Å². The molecule has 0 bridgehead atoms. The maximum atomic E-state index is 12.7. The van der Waals surface area contributed by atoms with Crippen LogP contribution in [-0.4, -0.2) is 47.2 Å². The van der Waals surface area contributed by atoms with E-state index in [2.05, 4.69) is 26.1 Å². The molecule has 0 aromatic rings. The standard InChI is InChI=1S/C18H34N2O2/c1-17(2,3)14-20-12-8-11-18(22,16(20)21)13-19-15-9-6-4-5-7-10-15/h15,19,22H,4-14H2,1-3H3/t18-/m1/s1. The number of nitrogens with zero attached hydrogens (tertiary/aromatic N) is 1. The van der Waals surface area contributed by atoms with Crippen molar-refractivity contribution in [1.82, 2.24) is 10.2 Å². The Balaban J connectivity index is 1.91. The molecule has 1 aliphatic heterocycles. The van der Waals surface area contributed by atoms with Gasteiger partial charge in [-0.15, -0.1) is 0 Å². The molecule has 4 heteroatoms. The van der Waals surface area contributed by atoms with E-state index in [1.807, 2.05) is 4.90 Å². The van der Waals surface area contributed by atoms with Crippen LogP contribution in [0.2, 0.25) is 0 Å². The number of carbonyl (C=O) groups is 1. The molecule has 0 radical (unpaired) electrons. The highest BCUT2D eigenvalue weighted by Gasteiger charge is 2.43. The summed E-state index contributed by atoms with van der Waals surface area (Å²) in [5, 5.41) is 14.3. The number of hydrogen-bond acceptors (Lipinski definition) is 3. The Kier molecular flexibility index (Phi) is 5.89. The number of carbonyl (C=O) groups excluding carboxylic acids is 1. The van der Waals surface area contributed by atoms with Gasteiger partial charge in [0.2, 0.25) is 0 Å². The first-order chi connectivity index (χ1) is 10.3. The second-order valence-corrected chi connectivity index (χ2v) is 8.49. The molecule has 2 aliphatic rings. The van der Waals surface area contributed by atoms with Crippen molar-refractivity contribution in [2.24, 2.45) is 5.41 Å². The van der Waals surface area contributed by atoms with Gasteiger partial charge in [-0.2, -0.15) is 0 Å². The third kappa shape index (κ3) is 4.95. The van der Waals surface area contributed by atoms with Crippen LogP contribution < -0.4 is 5.32 Å². The Morgan fingerprint density at radius 2 is 1.82 bits per heavy atom. The Labute approximate surface area is 135 Å². The Hall–Kier alpha value is -0.610. The second-order valence-electron chi connectivity index (χ2n) is 8.49. The Morgan fingerprint density at radius 1 is 1.18 bits per heavy atom. The fraction of sp³-hybridized carbons (Fsp3) is 0.944. The van der Waals surface area contributed by atoms with E-state index in [0.717, 1.165) is 19.5 Å². The molecule has 1 heterocycles. The van der Waals surface area contributed by atoms with Crippen LogP contribution in [0.15, 0.2) is 0 Å². The molecule has 0 unspecified atom stereocenters. The lowest BCUT2D eigenvalue weighted by molar-refractivity contribution is -0.158. The number of likely N-dealkylation sites (tertiary alicyclic amines) is 1. The average Bonchev–Trinajstić information content (AvgIpc) is 2.69. The highest BCUT2D eigenvalue weighted by molar-refractivity contribution is 5.86. The lowest BCUT2D eigenvalue weighted by Gasteiger charge is -2.41. The molecule has 128 valence electrons. The average molecular weight is 310 g/mol. The molecule has 0 aromatic heterocycles. The van der Waals surface area contributed by atoms with Gasteiger partial charge in [0.15, 0.2) is 5.60 Å². The van der Waals surface area contributed by atoms with Crippen LogP contribution in [0, 0.1) is 5.41 Å². The Morgan fingerprint density at radius 3 is 2.41 bits per heavy atom. The van der Waals surface area contributed by atoms with Crippen molar-refractivity contribution < 1.29 is 9.90 Å². The summed E-state index contributed by atoms with van der Waals surface area (Å²) in [6.07, 6.45) is 9.00. The zero-order valence-corrected chi connectivity index (χ0v) is 14.7. The SMILES string of the molecule is CC(C)(C)CN1CCC[C@@](O)(CNC2CCCCCC2)C1=O. The Bertz CT molecular complexity index is 370. The minimum Gasteiger partial charge on any atom is -0.379 e. The van der Waals surface area contributed by atoms with Crippen LogP contribution in [0.3, 0.4) is 0 Å². The lowest BCUT2D eigenvalue weighted by atomic mass is 9.88. The molecular formula is C18H34N2O2. The maximum absolute atomic E-state index is 12.7. The van der Waals surface area contributed by atoms with Crippen LogP contribution in [-0.2, 0) is 4.79 Å². The van der Waals surface area contributed by atoms with Crippen molar-refractivity contribution in [2.75, 3.05) is 19.6 Å². The van der Waals surface area contributed by atoms with Gasteiger partial charge >= 0.3 is 0 Å². The van der Waals surface area contributed by atoms with E-state index in [1.54, 1.807) is 0 Å². The third-order valence-electron chi connectivity index (χ3n) is 4.91. The van der Waals surface area contributed by atoms with Crippen molar-refractivity contribution in [2.45, 2.75) is 83.8 Å². The molecule has 2 fully saturated rings. The third-order valence-corrected chi connectivity index (χ3v) is 4.91. The van der Waals surface area contributed by atoms with Crippen LogP contribution in [0.4, 0.5) is 0 Å². The van der Waals surface area contributed by atoms with E-state index < -0.39 is 5.60 Å². The van der Waals surface area contributed by atoms with Crippen LogP contribution in [0.5, 0.6) is 0 Å². The van der Waals surface area contributed by atoms with Gasteiger partial charge in [0, 0.05) is 25.7 Å². The summed E-state index contributed by atoms with van der Waals surface area (Å²) in [7, 11) is 0. The molecule has 0 spiro atoms. The van der Waals surface area contributed by atoms with Gasteiger partial charge in [-0.05, 0) is 31.1 Å². The summed E-state index contributed by atoms with van der Waals surface area (Å²) in [5.41, 5.74) is -1.13. The van der Waals surface area contributed by atoms with E-state index in [9.17, 15) is 9.90 Å². The number of aliphatic hydroxyl groups is 1. The monoisotopic (exact) mass is 310 g/mol. The largest absolute Gasteiger partial charge is 0.379 e.